The fourth-order valence-electron chi connectivity index (χ4n) is 3.21. The van der Waals surface area contributed by atoms with Crippen LogP contribution >= 0.6 is 0 Å². The number of piperazine rings is 1. The predicted molar refractivity (Wildman–Crippen MR) is 74.7 cm³/mol. The minimum absolute atomic E-state index is 0.199. The van der Waals surface area contributed by atoms with E-state index in [2.05, 4.69) is 4.90 Å². The van der Waals surface area contributed by atoms with Gasteiger partial charge < -0.3 is 15.7 Å². The molecule has 0 aromatic heterocycles. The third-order valence-corrected chi connectivity index (χ3v) is 4.55. The number of β-amino-alcohol motifs (C(OH)–C–C–N with tert-alkyl or cyclic N) is 1. The molecule has 1 amide bonds. The molecule has 19 heavy (non-hydrogen) atoms. The van der Waals surface area contributed by atoms with Gasteiger partial charge in [0.1, 0.15) is 0 Å². The Morgan fingerprint density at radius 1 is 1.16 bits per heavy atom. The van der Waals surface area contributed by atoms with Crippen LogP contribution in [0.3, 0.4) is 0 Å². The van der Waals surface area contributed by atoms with E-state index >= 15 is 0 Å². The van der Waals surface area contributed by atoms with Crippen LogP contribution in [0.15, 0.2) is 0 Å². The quantitative estimate of drug-likeness (QED) is 0.755. The first kappa shape index (κ1) is 14.8. The van der Waals surface area contributed by atoms with Crippen molar-refractivity contribution in [2.75, 3.05) is 39.3 Å². The van der Waals surface area contributed by atoms with Crippen molar-refractivity contribution in [2.24, 2.45) is 11.7 Å². The molecule has 1 saturated carbocycles. The Kier molecular flexibility index (Phi) is 5.60. The highest BCUT2D eigenvalue weighted by atomic mass is 16.3. The van der Waals surface area contributed by atoms with Crippen molar-refractivity contribution >= 4 is 5.91 Å². The first-order valence-corrected chi connectivity index (χ1v) is 7.57. The van der Waals surface area contributed by atoms with Gasteiger partial charge in [-0.15, -0.1) is 0 Å². The number of aliphatic hydroxyl groups excluding tert-OH is 1. The summed E-state index contributed by atoms with van der Waals surface area (Å²) in [6.07, 6.45) is 5.24. The van der Waals surface area contributed by atoms with E-state index in [4.69, 9.17) is 10.8 Å². The monoisotopic (exact) mass is 269 g/mol. The lowest BCUT2D eigenvalue weighted by Crippen LogP contribution is -2.50. The second-order valence-corrected chi connectivity index (χ2v) is 5.86. The highest BCUT2D eigenvalue weighted by molar-refractivity contribution is 5.76. The van der Waals surface area contributed by atoms with Crippen LogP contribution in [-0.2, 0) is 4.79 Å². The predicted octanol–water partition coefficient (Wildman–Crippen LogP) is 0.0305. The van der Waals surface area contributed by atoms with Gasteiger partial charge in [0, 0.05) is 45.2 Å². The number of hydrogen-bond donors (Lipinski definition) is 2. The van der Waals surface area contributed by atoms with Crippen molar-refractivity contribution in [3.8, 4) is 0 Å². The van der Waals surface area contributed by atoms with Gasteiger partial charge in [0.25, 0.3) is 0 Å². The van der Waals surface area contributed by atoms with Crippen LogP contribution in [0.5, 0.6) is 0 Å². The van der Waals surface area contributed by atoms with Crippen molar-refractivity contribution in [1.82, 2.24) is 9.80 Å². The Balaban J connectivity index is 1.74. The van der Waals surface area contributed by atoms with Crippen molar-refractivity contribution in [2.45, 2.75) is 38.1 Å². The summed E-state index contributed by atoms with van der Waals surface area (Å²) in [5.74, 6) is 0.655. The van der Waals surface area contributed by atoms with Crippen molar-refractivity contribution in [3.63, 3.8) is 0 Å². The van der Waals surface area contributed by atoms with Gasteiger partial charge in [0.05, 0.1) is 6.61 Å². The summed E-state index contributed by atoms with van der Waals surface area (Å²) in [5, 5.41) is 8.90. The molecular formula is C14H27N3O2. The van der Waals surface area contributed by atoms with Gasteiger partial charge in [-0.1, -0.05) is 12.8 Å². The number of amides is 1. The van der Waals surface area contributed by atoms with Crippen molar-refractivity contribution in [3.05, 3.63) is 0 Å². The van der Waals surface area contributed by atoms with E-state index in [1.165, 1.54) is 12.8 Å². The number of hydrogen-bond acceptors (Lipinski definition) is 4. The second kappa shape index (κ2) is 7.22. The fourth-order valence-corrected chi connectivity index (χ4v) is 3.21. The smallest absolute Gasteiger partial charge is 0.222 e. The zero-order valence-electron chi connectivity index (χ0n) is 11.8. The normalized spacial score (nSPS) is 29.5. The lowest BCUT2D eigenvalue weighted by Gasteiger charge is -2.36. The number of nitrogens with zero attached hydrogens (tertiary/aromatic N) is 2. The molecule has 2 unspecified atom stereocenters. The Labute approximate surface area is 115 Å². The van der Waals surface area contributed by atoms with Crippen LogP contribution in [0.25, 0.3) is 0 Å². The lowest BCUT2D eigenvalue weighted by atomic mass is 9.82. The Morgan fingerprint density at radius 3 is 2.47 bits per heavy atom. The molecule has 0 radical (unpaired) electrons. The largest absolute Gasteiger partial charge is 0.395 e. The number of carbonyl (C=O) groups excluding carboxylic acids is 1. The van der Waals surface area contributed by atoms with Crippen LogP contribution in [0, 0.1) is 5.92 Å². The minimum atomic E-state index is 0.199. The van der Waals surface area contributed by atoms with E-state index in [1.54, 1.807) is 0 Å². The molecule has 2 aliphatic rings. The molecule has 0 aromatic carbocycles. The molecule has 3 N–H and O–H groups in total. The average molecular weight is 269 g/mol. The Hall–Kier alpha value is -0.650. The highest BCUT2D eigenvalue weighted by Crippen LogP contribution is 2.26. The maximum absolute atomic E-state index is 12.3. The summed E-state index contributed by atoms with van der Waals surface area (Å²) in [5.41, 5.74) is 6.11. The first-order chi connectivity index (χ1) is 9.20. The molecule has 2 atom stereocenters. The van der Waals surface area contributed by atoms with Gasteiger partial charge in [-0.3, -0.25) is 9.69 Å². The molecule has 1 saturated heterocycles. The molecular weight excluding hydrogens is 242 g/mol. The third kappa shape index (κ3) is 4.16. The number of aliphatic hydroxyl groups is 1. The molecule has 1 aliphatic heterocycles. The topological polar surface area (TPSA) is 69.8 Å². The molecule has 2 rings (SSSR count). The molecule has 2 fully saturated rings. The van der Waals surface area contributed by atoms with E-state index in [-0.39, 0.29) is 18.6 Å². The van der Waals surface area contributed by atoms with Crippen LogP contribution in [-0.4, -0.2) is 66.2 Å². The van der Waals surface area contributed by atoms with Gasteiger partial charge in [0.2, 0.25) is 5.91 Å². The summed E-state index contributed by atoms with van der Waals surface area (Å²) in [4.78, 5) is 16.5. The highest BCUT2D eigenvalue weighted by Gasteiger charge is 2.27. The maximum Gasteiger partial charge on any atom is 0.222 e. The summed E-state index contributed by atoms with van der Waals surface area (Å²) in [6, 6.07) is 0.216. The fraction of sp³-hybridized carbons (Fsp3) is 0.929. The van der Waals surface area contributed by atoms with E-state index in [0.717, 1.165) is 45.6 Å². The molecule has 5 nitrogen and oxygen atoms in total. The van der Waals surface area contributed by atoms with E-state index in [0.29, 0.717) is 12.3 Å². The summed E-state index contributed by atoms with van der Waals surface area (Å²) >= 11 is 0. The first-order valence-electron chi connectivity index (χ1n) is 7.57. The molecule has 5 heteroatoms. The van der Waals surface area contributed by atoms with Gasteiger partial charge >= 0.3 is 0 Å². The van der Waals surface area contributed by atoms with Crippen LogP contribution < -0.4 is 5.73 Å². The second-order valence-electron chi connectivity index (χ2n) is 5.86. The summed E-state index contributed by atoms with van der Waals surface area (Å²) < 4.78 is 0. The van der Waals surface area contributed by atoms with E-state index in [1.807, 2.05) is 4.90 Å². The van der Waals surface area contributed by atoms with Crippen LogP contribution in [0.2, 0.25) is 0 Å². The lowest BCUT2D eigenvalue weighted by molar-refractivity contribution is -0.134. The number of carbonyl (C=O) groups is 1. The number of nitrogens with two attached hydrogens (primary N) is 1. The standard InChI is InChI=1S/C14H27N3O2/c15-13-4-2-1-3-12(13)11-14(19)17-7-5-16(6-8-17)9-10-18/h12-13,18H,1-11,15H2. The molecule has 0 aromatic rings. The van der Waals surface area contributed by atoms with Gasteiger partial charge in [0.15, 0.2) is 0 Å². The molecule has 1 aliphatic carbocycles. The van der Waals surface area contributed by atoms with Gasteiger partial charge in [-0.25, -0.2) is 0 Å². The molecule has 0 spiro atoms. The summed E-state index contributed by atoms with van der Waals surface area (Å²) in [7, 11) is 0. The Morgan fingerprint density at radius 2 is 1.84 bits per heavy atom. The van der Waals surface area contributed by atoms with Gasteiger partial charge in [-0.2, -0.15) is 0 Å². The van der Waals surface area contributed by atoms with Crippen LogP contribution in [0.1, 0.15) is 32.1 Å². The zero-order chi connectivity index (χ0) is 13.7. The van der Waals surface area contributed by atoms with Gasteiger partial charge in [-0.05, 0) is 18.8 Å². The van der Waals surface area contributed by atoms with Crippen molar-refractivity contribution < 1.29 is 9.90 Å². The van der Waals surface area contributed by atoms with E-state index in [9.17, 15) is 4.79 Å². The van der Waals surface area contributed by atoms with E-state index < -0.39 is 0 Å². The Bertz CT molecular complexity index is 290. The molecule has 110 valence electrons. The molecule has 0 bridgehead atoms. The zero-order valence-corrected chi connectivity index (χ0v) is 11.8. The number of rotatable bonds is 4. The summed E-state index contributed by atoms with van der Waals surface area (Å²) in [6.45, 7) is 4.26. The SMILES string of the molecule is NC1CCCCC1CC(=O)N1CCN(CCO)CC1. The maximum atomic E-state index is 12.3. The minimum Gasteiger partial charge on any atom is -0.395 e. The van der Waals surface area contributed by atoms with Crippen molar-refractivity contribution in [1.29, 1.82) is 0 Å². The molecule has 1 heterocycles. The third-order valence-electron chi connectivity index (χ3n) is 4.55. The average Bonchev–Trinajstić information content (AvgIpc) is 2.42. The van der Waals surface area contributed by atoms with Crippen LogP contribution in [0.4, 0.5) is 0 Å².